The molecule has 124 valence electrons. The van der Waals surface area contributed by atoms with E-state index in [1.807, 2.05) is 38.7 Å². The topological polar surface area (TPSA) is 38.8 Å². The van der Waals surface area contributed by atoms with Crippen molar-refractivity contribution in [2.75, 3.05) is 11.4 Å². The van der Waals surface area contributed by atoms with Gasteiger partial charge in [-0.25, -0.2) is 0 Å². The lowest BCUT2D eigenvalue weighted by molar-refractivity contribution is -0.116. The zero-order chi connectivity index (χ0) is 17.2. The second-order valence-corrected chi connectivity index (χ2v) is 8.35. The minimum absolute atomic E-state index is 0.0323. The highest BCUT2D eigenvalue weighted by atomic mass is 16.7. The zero-order valence-electron chi connectivity index (χ0n) is 15.2. The van der Waals surface area contributed by atoms with Crippen molar-refractivity contribution in [2.45, 2.75) is 65.1 Å². The van der Waals surface area contributed by atoms with Gasteiger partial charge in [0.05, 0.1) is 11.2 Å². The quantitative estimate of drug-likeness (QED) is 0.748. The van der Waals surface area contributed by atoms with E-state index < -0.39 is 7.12 Å². The van der Waals surface area contributed by atoms with E-state index in [9.17, 15) is 4.79 Å². The summed E-state index contributed by atoms with van der Waals surface area (Å²) < 4.78 is 12.3. The molecule has 0 unspecified atom stereocenters. The predicted octanol–water partition coefficient (Wildman–Crippen LogP) is 2.63. The van der Waals surface area contributed by atoms with E-state index in [1.165, 1.54) is 5.56 Å². The van der Waals surface area contributed by atoms with Gasteiger partial charge in [0.2, 0.25) is 5.91 Å². The molecule has 2 aliphatic rings. The number of hydrogen-bond donors (Lipinski definition) is 0. The highest BCUT2D eigenvalue weighted by Gasteiger charge is 2.52. The standard InChI is InChI=1S/C18H26BNO3/c1-12(21)20-11-16(2,3)14-9-8-13(10-15(14)20)19-22-17(4,5)18(6,7)23-19/h8-10H,11H2,1-7H3. The van der Waals surface area contributed by atoms with Crippen LogP contribution in [0.2, 0.25) is 0 Å². The van der Waals surface area contributed by atoms with Crippen LogP contribution >= 0.6 is 0 Å². The summed E-state index contributed by atoms with van der Waals surface area (Å²) in [6.45, 7) is 14.9. The first-order chi connectivity index (χ1) is 10.4. The van der Waals surface area contributed by atoms with Gasteiger partial charge in [-0.05, 0) is 44.8 Å². The Morgan fingerprint density at radius 3 is 2.17 bits per heavy atom. The average Bonchev–Trinajstić information content (AvgIpc) is 2.80. The Morgan fingerprint density at radius 2 is 1.65 bits per heavy atom. The maximum atomic E-state index is 12.0. The first-order valence-electron chi connectivity index (χ1n) is 8.23. The number of benzene rings is 1. The summed E-state index contributed by atoms with van der Waals surface area (Å²) in [5.41, 5.74) is 2.39. The lowest BCUT2D eigenvalue weighted by atomic mass is 9.77. The minimum Gasteiger partial charge on any atom is -0.399 e. The summed E-state index contributed by atoms with van der Waals surface area (Å²) >= 11 is 0. The molecular weight excluding hydrogens is 289 g/mol. The van der Waals surface area contributed by atoms with Gasteiger partial charge in [-0.1, -0.05) is 26.0 Å². The third-order valence-electron chi connectivity index (χ3n) is 5.50. The maximum Gasteiger partial charge on any atom is 0.494 e. The molecule has 1 fully saturated rings. The summed E-state index contributed by atoms with van der Waals surface area (Å²) in [6, 6.07) is 6.22. The minimum atomic E-state index is -0.400. The van der Waals surface area contributed by atoms with Gasteiger partial charge < -0.3 is 14.2 Å². The van der Waals surface area contributed by atoms with Gasteiger partial charge in [0.1, 0.15) is 0 Å². The van der Waals surface area contributed by atoms with Gasteiger partial charge in [-0.2, -0.15) is 0 Å². The highest BCUT2D eigenvalue weighted by molar-refractivity contribution is 6.62. The normalized spacial score (nSPS) is 24.0. The van der Waals surface area contributed by atoms with Crippen LogP contribution in [0.1, 0.15) is 54.0 Å². The van der Waals surface area contributed by atoms with Crippen molar-refractivity contribution >= 4 is 24.2 Å². The first kappa shape index (κ1) is 16.5. The Hall–Kier alpha value is -1.33. The van der Waals surface area contributed by atoms with Crippen LogP contribution in [-0.2, 0) is 19.5 Å². The molecule has 0 radical (unpaired) electrons. The van der Waals surface area contributed by atoms with Crippen molar-refractivity contribution in [1.29, 1.82) is 0 Å². The van der Waals surface area contributed by atoms with E-state index in [2.05, 4.69) is 26.0 Å². The number of carbonyl (C=O) groups excluding carboxylic acids is 1. The molecule has 2 aliphatic heterocycles. The number of amides is 1. The Balaban J connectivity index is 1.99. The molecule has 1 aromatic rings. The number of hydrogen-bond acceptors (Lipinski definition) is 3. The molecule has 0 saturated carbocycles. The molecule has 2 heterocycles. The molecule has 1 saturated heterocycles. The van der Waals surface area contributed by atoms with E-state index in [0.29, 0.717) is 6.54 Å². The summed E-state index contributed by atoms with van der Waals surface area (Å²) in [5, 5.41) is 0. The molecule has 1 amide bonds. The molecule has 0 N–H and O–H groups in total. The Kier molecular flexibility index (Phi) is 3.48. The van der Waals surface area contributed by atoms with Crippen molar-refractivity contribution in [2.24, 2.45) is 0 Å². The van der Waals surface area contributed by atoms with Crippen LogP contribution in [0.25, 0.3) is 0 Å². The van der Waals surface area contributed by atoms with Crippen LogP contribution < -0.4 is 10.4 Å². The van der Waals surface area contributed by atoms with E-state index >= 15 is 0 Å². The van der Waals surface area contributed by atoms with Gasteiger partial charge >= 0.3 is 7.12 Å². The average molecular weight is 315 g/mol. The number of nitrogens with zero attached hydrogens (tertiary/aromatic N) is 1. The predicted molar refractivity (Wildman–Crippen MR) is 93.2 cm³/mol. The molecule has 0 atom stereocenters. The fraction of sp³-hybridized carbons (Fsp3) is 0.611. The van der Waals surface area contributed by atoms with Crippen molar-refractivity contribution < 1.29 is 14.1 Å². The number of anilines is 1. The molecule has 0 bridgehead atoms. The second-order valence-electron chi connectivity index (χ2n) is 8.35. The number of fused-ring (bicyclic) bond motifs is 1. The van der Waals surface area contributed by atoms with Gasteiger partial charge in [0.25, 0.3) is 0 Å². The summed E-state index contributed by atoms with van der Waals surface area (Å²) in [7, 11) is -0.400. The summed E-state index contributed by atoms with van der Waals surface area (Å²) in [6.07, 6.45) is 0. The van der Waals surface area contributed by atoms with Crippen LogP contribution in [0, 0.1) is 0 Å². The molecule has 0 spiro atoms. The number of carbonyl (C=O) groups is 1. The van der Waals surface area contributed by atoms with Crippen LogP contribution in [0.5, 0.6) is 0 Å². The molecule has 23 heavy (non-hydrogen) atoms. The van der Waals surface area contributed by atoms with Crippen LogP contribution in [0.4, 0.5) is 5.69 Å². The van der Waals surface area contributed by atoms with E-state index in [4.69, 9.17) is 9.31 Å². The Bertz CT molecular complexity index is 650. The van der Waals surface area contributed by atoms with Crippen molar-refractivity contribution in [1.82, 2.24) is 0 Å². The van der Waals surface area contributed by atoms with Crippen molar-refractivity contribution in [3.05, 3.63) is 23.8 Å². The molecule has 3 rings (SSSR count). The van der Waals surface area contributed by atoms with Gasteiger partial charge in [0, 0.05) is 24.6 Å². The van der Waals surface area contributed by atoms with E-state index in [1.54, 1.807) is 6.92 Å². The largest absolute Gasteiger partial charge is 0.494 e. The van der Waals surface area contributed by atoms with Crippen LogP contribution in [-0.4, -0.2) is 30.8 Å². The highest BCUT2D eigenvalue weighted by Crippen LogP contribution is 2.41. The molecule has 4 nitrogen and oxygen atoms in total. The summed E-state index contributed by atoms with van der Waals surface area (Å²) in [4.78, 5) is 13.8. The van der Waals surface area contributed by atoms with Gasteiger partial charge in [-0.15, -0.1) is 0 Å². The fourth-order valence-corrected chi connectivity index (χ4v) is 3.32. The molecule has 0 aliphatic carbocycles. The van der Waals surface area contributed by atoms with Crippen molar-refractivity contribution in [3.8, 4) is 0 Å². The lowest BCUT2D eigenvalue weighted by Crippen LogP contribution is -2.41. The first-order valence-corrected chi connectivity index (χ1v) is 8.23. The number of rotatable bonds is 1. The fourth-order valence-electron chi connectivity index (χ4n) is 3.32. The SMILES string of the molecule is CC(=O)N1CC(C)(C)c2ccc(B3OC(C)(C)C(C)(C)O3)cc21. The lowest BCUT2D eigenvalue weighted by Gasteiger charge is -2.32. The van der Waals surface area contributed by atoms with E-state index in [-0.39, 0.29) is 22.5 Å². The van der Waals surface area contributed by atoms with Crippen molar-refractivity contribution in [3.63, 3.8) is 0 Å². The third kappa shape index (κ3) is 2.50. The third-order valence-corrected chi connectivity index (χ3v) is 5.50. The Labute approximate surface area is 139 Å². The second kappa shape index (κ2) is 4.84. The summed E-state index contributed by atoms with van der Waals surface area (Å²) in [5.74, 6) is 0.0721. The molecular formula is C18H26BNO3. The molecule has 5 heteroatoms. The maximum absolute atomic E-state index is 12.0. The Morgan fingerprint density at radius 1 is 1.09 bits per heavy atom. The van der Waals surface area contributed by atoms with E-state index in [0.717, 1.165) is 11.2 Å². The van der Waals surface area contributed by atoms with Gasteiger partial charge in [0.15, 0.2) is 0 Å². The van der Waals surface area contributed by atoms with Crippen LogP contribution in [0.3, 0.4) is 0 Å². The smallest absolute Gasteiger partial charge is 0.399 e. The molecule has 0 aromatic heterocycles. The molecule has 1 aromatic carbocycles. The monoisotopic (exact) mass is 315 g/mol. The zero-order valence-corrected chi connectivity index (χ0v) is 15.2. The van der Waals surface area contributed by atoms with Crippen LogP contribution in [0.15, 0.2) is 18.2 Å². The van der Waals surface area contributed by atoms with Gasteiger partial charge in [-0.3, -0.25) is 4.79 Å².